The van der Waals surface area contributed by atoms with Gasteiger partial charge in [0, 0.05) is 49.8 Å². The quantitative estimate of drug-likeness (QED) is 0.846. The SMILES string of the molecule is CC(=O)N1CCN(Cc2ccc(Br)cc2N)CC1. The molecule has 1 heterocycles. The highest BCUT2D eigenvalue weighted by molar-refractivity contribution is 9.10. The molecule has 0 spiro atoms. The van der Waals surface area contributed by atoms with Gasteiger partial charge in [-0.15, -0.1) is 0 Å². The zero-order valence-corrected chi connectivity index (χ0v) is 12.1. The Bertz CT molecular complexity index is 442. The maximum absolute atomic E-state index is 11.2. The molecule has 1 aromatic rings. The fourth-order valence-corrected chi connectivity index (χ4v) is 2.55. The van der Waals surface area contributed by atoms with Crippen molar-refractivity contribution in [1.29, 1.82) is 0 Å². The third-order valence-electron chi connectivity index (χ3n) is 3.32. The van der Waals surface area contributed by atoms with Crippen LogP contribution in [0.5, 0.6) is 0 Å². The van der Waals surface area contributed by atoms with Crippen molar-refractivity contribution in [1.82, 2.24) is 9.80 Å². The molecule has 0 bridgehead atoms. The van der Waals surface area contributed by atoms with E-state index in [1.807, 2.05) is 17.0 Å². The number of carbonyl (C=O) groups is 1. The van der Waals surface area contributed by atoms with Crippen molar-refractivity contribution in [3.63, 3.8) is 0 Å². The molecule has 0 saturated carbocycles. The average molecular weight is 312 g/mol. The van der Waals surface area contributed by atoms with Crippen LogP contribution in [-0.4, -0.2) is 41.9 Å². The summed E-state index contributed by atoms with van der Waals surface area (Å²) in [6.07, 6.45) is 0. The molecule has 0 aromatic heterocycles. The summed E-state index contributed by atoms with van der Waals surface area (Å²) in [6.45, 7) is 5.93. The van der Waals surface area contributed by atoms with E-state index >= 15 is 0 Å². The average Bonchev–Trinajstić information content (AvgIpc) is 2.33. The molecule has 4 nitrogen and oxygen atoms in total. The van der Waals surface area contributed by atoms with Gasteiger partial charge in [-0.2, -0.15) is 0 Å². The fourth-order valence-electron chi connectivity index (χ4n) is 2.17. The van der Waals surface area contributed by atoms with E-state index in [1.54, 1.807) is 6.92 Å². The zero-order valence-electron chi connectivity index (χ0n) is 10.5. The highest BCUT2D eigenvalue weighted by atomic mass is 79.9. The predicted octanol–water partition coefficient (Wildman–Crippen LogP) is 1.70. The van der Waals surface area contributed by atoms with E-state index < -0.39 is 0 Å². The number of carbonyl (C=O) groups excluding carboxylic acids is 1. The van der Waals surface area contributed by atoms with Crippen molar-refractivity contribution in [2.45, 2.75) is 13.5 Å². The van der Waals surface area contributed by atoms with Crippen molar-refractivity contribution in [2.75, 3.05) is 31.9 Å². The Morgan fingerprint density at radius 1 is 1.33 bits per heavy atom. The summed E-state index contributed by atoms with van der Waals surface area (Å²) in [7, 11) is 0. The van der Waals surface area contributed by atoms with Crippen molar-refractivity contribution in [3.8, 4) is 0 Å². The number of hydrogen-bond acceptors (Lipinski definition) is 3. The largest absolute Gasteiger partial charge is 0.398 e. The number of rotatable bonds is 2. The molecular formula is C13H18BrN3O. The molecular weight excluding hydrogens is 294 g/mol. The monoisotopic (exact) mass is 311 g/mol. The Kier molecular flexibility index (Phi) is 4.24. The minimum Gasteiger partial charge on any atom is -0.398 e. The Labute approximate surface area is 116 Å². The molecule has 0 aliphatic carbocycles. The molecule has 1 fully saturated rings. The number of halogens is 1. The minimum atomic E-state index is 0.165. The lowest BCUT2D eigenvalue weighted by molar-refractivity contribution is -0.130. The van der Waals surface area contributed by atoms with Gasteiger partial charge in [-0.1, -0.05) is 22.0 Å². The predicted molar refractivity (Wildman–Crippen MR) is 76.1 cm³/mol. The Hall–Kier alpha value is -1.07. The Morgan fingerprint density at radius 2 is 2.00 bits per heavy atom. The van der Waals surface area contributed by atoms with Crippen LogP contribution in [0.2, 0.25) is 0 Å². The third-order valence-corrected chi connectivity index (χ3v) is 3.81. The molecule has 18 heavy (non-hydrogen) atoms. The van der Waals surface area contributed by atoms with Crippen LogP contribution in [0.15, 0.2) is 22.7 Å². The molecule has 1 aliphatic rings. The second kappa shape index (κ2) is 5.71. The number of nitrogens with zero attached hydrogens (tertiary/aromatic N) is 2. The lowest BCUT2D eigenvalue weighted by Crippen LogP contribution is -2.47. The van der Waals surface area contributed by atoms with Gasteiger partial charge in [0.25, 0.3) is 0 Å². The van der Waals surface area contributed by atoms with Crippen molar-refractivity contribution >= 4 is 27.5 Å². The first kappa shape index (κ1) is 13.4. The van der Waals surface area contributed by atoms with Crippen LogP contribution >= 0.6 is 15.9 Å². The molecule has 1 saturated heterocycles. The number of piperazine rings is 1. The van der Waals surface area contributed by atoms with Crippen LogP contribution in [0, 0.1) is 0 Å². The number of anilines is 1. The van der Waals surface area contributed by atoms with Crippen LogP contribution in [0.1, 0.15) is 12.5 Å². The van der Waals surface area contributed by atoms with E-state index in [-0.39, 0.29) is 5.91 Å². The summed E-state index contributed by atoms with van der Waals surface area (Å²) in [5, 5.41) is 0. The molecule has 0 unspecified atom stereocenters. The minimum absolute atomic E-state index is 0.165. The first-order chi connectivity index (χ1) is 8.56. The molecule has 2 rings (SSSR count). The Balaban J connectivity index is 1.93. The molecule has 1 amide bonds. The van der Waals surface area contributed by atoms with Gasteiger partial charge in [-0.25, -0.2) is 0 Å². The molecule has 1 aromatic carbocycles. The van der Waals surface area contributed by atoms with Gasteiger partial charge in [-0.3, -0.25) is 9.69 Å². The van der Waals surface area contributed by atoms with Gasteiger partial charge >= 0.3 is 0 Å². The van der Waals surface area contributed by atoms with Gasteiger partial charge in [0.05, 0.1) is 0 Å². The highest BCUT2D eigenvalue weighted by Crippen LogP contribution is 2.20. The van der Waals surface area contributed by atoms with Crippen molar-refractivity contribution in [3.05, 3.63) is 28.2 Å². The summed E-state index contributed by atoms with van der Waals surface area (Å²) in [5.74, 6) is 0.165. The second-order valence-corrected chi connectivity index (χ2v) is 5.54. The van der Waals surface area contributed by atoms with E-state index in [4.69, 9.17) is 5.73 Å². The lowest BCUT2D eigenvalue weighted by Gasteiger charge is -2.34. The van der Waals surface area contributed by atoms with E-state index in [0.29, 0.717) is 0 Å². The van der Waals surface area contributed by atoms with Crippen LogP contribution in [0.4, 0.5) is 5.69 Å². The number of nitrogen functional groups attached to an aromatic ring is 1. The van der Waals surface area contributed by atoms with Gasteiger partial charge in [0.1, 0.15) is 0 Å². The van der Waals surface area contributed by atoms with Crippen molar-refractivity contribution in [2.24, 2.45) is 0 Å². The smallest absolute Gasteiger partial charge is 0.219 e. The maximum atomic E-state index is 11.2. The third kappa shape index (κ3) is 3.23. The number of amides is 1. The van der Waals surface area contributed by atoms with Gasteiger partial charge in [0.15, 0.2) is 0 Å². The van der Waals surface area contributed by atoms with Crippen LogP contribution in [-0.2, 0) is 11.3 Å². The van der Waals surface area contributed by atoms with Crippen LogP contribution < -0.4 is 5.73 Å². The van der Waals surface area contributed by atoms with Crippen molar-refractivity contribution < 1.29 is 4.79 Å². The summed E-state index contributed by atoms with van der Waals surface area (Å²) in [5.41, 5.74) is 7.96. The summed E-state index contributed by atoms with van der Waals surface area (Å²) in [4.78, 5) is 15.5. The molecule has 5 heteroatoms. The molecule has 0 radical (unpaired) electrons. The summed E-state index contributed by atoms with van der Waals surface area (Å²) >= 11 is 3.41. The van der Waals surface area contributed by atoms with Crippen LogP contribution in [0.3, 0.4) is 0 Å². The second-order valence-electron chi connectivity index (χ2n) is 4.63. The number of benzene rings is 1. The molecule has 2 N–H and O–H groups in total. The highest BCUT2D eigenvalue weighted by Gasteiger charge is 2.18. The first-order valence-corrected chi connectivity index (χ1v) is 6.87. The van der Waals surface area contributed by atoms with Gasteiger partial charge < -0.3 is 10.6 Å². The van der Waals surface area contributed by atoms with E-state index in [9.17, 15) is 4.79 Å². The number of nitrogens with two attached hydrogens (primary N) is 1. The summed E-state index contributed by atoms with van der Waals surface area (Å²) in [6, 6.07) is 6.00. The molecule has 1 aliphatic heterocycles. The first-order valence-electron chi connectivity index (χ1n) is 6.08. The topological polar surface area (TPSA) is 49.6 Å². The molecule has 98 valence electrons. The zero-order chi connectivity index (χ0) is 13.1. The van der Waals surface area contributed by atoms with Crippen LogP contribution in [0.25, 0.3) is 0 Å². The van der Waals surface area contributed by atoms with E-state index in [2.05, 4.69) is 26.9 Å². The fraction of sp³-hybridized carbons (Fsp3) is 0.462. The molecule has 0 atom stereocenters. The lowest BCUT2D eigenvalue weighted by atomic mass is 10.1. The van der Waals surface area contributed by atoms with E-state index in [0.717, 1.165) is 48.4 Å². The summed E-state index contributed by atoms with van der Waals surface area (Å²) < 4.78 is 1.00. The van der Waals surface area contributed by atoms with Gasteiger partial charge in [-0.05, 0) is 17.7 Å². The standard InChI is InChI=1S/C13H18BrN3O/c1-10(18)17-6-4-16(5-7-17)9-11-2-3-12(14)8-13(11)15/h2-3,8H,4-7,9,15H2,1H3. The number of hydrogen-bond donors (Lipinski definition) is 1. The normalized spacial score (nSPS) is 16.9. The van der Waals surface area contributed by atoms with E-state index in [1.165, 1.54) is 0 Å². The maximum Gasteiger partial charge on any atom is 0.219 e. The Morgan fingerprint density at radius 3 is 2.56 bits per heavy atom. The van der Waals surface area contributed by atoms with Gasteiger partial charge in [0.2, 0.25) is 5.91 Å².